The fourth-order valence-electron chi connectivity index (χ4n) is 1.25. The van der Waals surface area contributed by atoms with E-state index >= 15 is 0 Å². The molecule has 0 saturated heterocycles. The number of carbonyl (C=O) groups is 1. The van der Waals surface area contributed by atoms with Gasteiger partial charge in [0.05, 0.1) is 12.2 Å². The zero-order valence-corrected chi connectivity index (χ0v) is 14.3. The third-order valence-corrected chi connectivity index (χ3v) is 3.83. The van der Waals surface area contributed by atoms with Gasteiger partial charge in [0.1, 0.15) is 6.04 Å². The number of hydrogen-bond acceptors (Lipinski definition) is 2. The molecular formula is C12H11Br3N2O. The van der Waals surface area contributed by atoms with Crippen LogP contribution in [0, 0.1) is 12.3 Å². The first kappa shape index (κ1) is 15.5. The molecule has 0 aliphatic rings. The average molecular weight is 439 g/mol. The summed E-state index contributed by atoms with van der Waals surface area (Å²) in [6.07, 6.45) is 5.09. The van der Waals surface area contributed by atoms with Gasteiger partial charge in [-0.2, -0.15) is 0 Å². The van der Waals surface area contributed by atoms with E-state index in [1.54, 1.807) is 6.92 Å². The maximum atomic E-state index is 11.7. The number of rotatable bonds is 4. The Labute approximate surface area is 131 Å². The fraction of sp³-hybridized carbons (Fsp3) is 0.250. The fourth-order valence-corrected chi connectivity index (χ4v) is 3.74. The van der Waals surface area contributed by atoms with Gasteiger partial charge in [-0.05, 0) is 50.9 Å². The minimum absolute atomic E-state index is 0.144. The molecule has 0 radical (unpaired) electrons. The van der Waals surface area contributed by atoms with E-state index in [-0.39, 0.29) is 18.5 Å². The van der Waals surface area contributed by atoms with Gasteiger partial charge >= 0.3 is 0 Å². The Bertz CT molecular complexity index is 474. The van der Waals surface area contributed by atoms with Crippen molar-refractivity contribution in [3.8, 4) is 12.3 Å². The van der Waals surface area contributed by atoms with Crippen molar-refractivity contribution < 1.29 is 4.79 Å². The van der Waals surface area contributed by atoms with Crippen molar-refractivity contribution >= 4 is 59.4 Å². The van der Waals surface area contributed by atoms with Gasteiger partial charge in [-0.1, -0.05) is 21.9 Å². The van der Waals surface area contributed by atoms with Crippen LogP contribution in [-0.2, 0) is 4.79 Å². The first-order chi connectivity index (χ1) is 8.45. The maximum absolute atomic E-state index is 11.7. The van der Waals surface area contributed by atoms with E-state index in [1.807, 2.05) is 12.1 Å². The zero-order valence-electron chi connectivity index (χ0n) is 9.56. The molecule has 0 saturated carbocycles. The molecule has 0 heterocycles. The molecule has 1 amide bonds. The van der Waals surface area contributed by atoms with E-state index in [0.29, 0.717) is 0 Å². The quantitative estimate of drug-likeness (QED) is 0.706. The largest absolute Gasteiger partial charge is 0.372 e. The number of nitrogens with one attached hydrogen (secondary N) is 2. The van der Waals surface area contributed by atoms with Crippen LogP contribution < -0.4 is 10.6 Å². The van der Waals surface area contributed by atoms with Crippen molar-refractivity contribution in [1.29, 1.82) is 0 Å². The Morgan fingerprint density at radius 1 is 1.39 bits per heavy atom. The number of benzene rings is 1. The Morgan fingerprint density at radius 3 is 2.44 bits per heavy atom. The van der Waals surface area contributed by atoms with Crippen molar-refractivity contribution in [2.24, 2.45) is 0 Å². The molecule has 0 aromatic heterocycles. The first-order valence-corrected chi connectivity index (χ1v) is 7.46. The highest BCUT2D eigenvalue weighted by molar-refractivity contribution is 9.11. The minimum Gasteiger partial charge on any atom is -0.372 e. The Hall–Kier alpha value is -0.510. The molecule has 96 valence electrons. The predicted molar refractivity (Wildman–Crippen MR) is 84.5 cm³/mol. The number of halogens is 3. The minimum atomic E-state index is -0.382. The van der Waals surface area contributed by atoms with Crippen LogP contribution in [0.4, 0.5) is 5.69 Å². The maximum Gasteiger partial charge on any atom is 0.242 e. The second kappa shape index (κ2) is 7.17. The third-order valence-electron chi connectivity index (χ3n) is 2.13. The molecule has 0 aliphatic carbocycles. The Balaban J connectivity index is 2.79. The molecular weight excluding hydrogens is 428 g/mol. The SMILES string of the molecule is C#CCNC(=O)C(C)Nc1c(Br)cc(Br)cc1Br. The molecule has 0 bridgehead atoms. The molecule has 0 aliphatic heterocycles. The lowest BCUT2D eigenvalue weighted by Gasteiger charge is -2.17. The smallest absolute Gasteiger partial charge is 0.242 e. The molecule has 1 aromatic rings. The van der Waals surface area contributed by atoms with Gasteiger partial charge in [-0.3, -0.25) is 4.79 Å². The van der Waals surface area contributed by atoms with Gasteiger partial charge in [0, 0.05) is 13.4 Å². The summed E-state index contributed by atoms with van der Waals surface area (Å²) in [6, 6.07) is 3.42. The lowest BCUT2D eigenvalue weighted by Crippen LogP contribution is -2.37. The second-order valence-corrected chi connectivity index (χ2v) is 6.16. The number of carbonyl (C=O) groups excluding carboxylic acids is 1. The highest BCUT2D eigenvalue weighted by Gasteiger charge is 2.15. The summed E-state index contributed by atoms with van der Waals surface area (Å²) >= 11 is 10.3. The van der Waals surface area contributed by atoms with Crippen molar-refractivity contribution in [1.82, 2.24) is 5.32 Å². The van der Waals surface area contributed by atoms with Gasteiger partial charge in [-0.15, -0.1) is 6.42 Å². The van der Waals surface area contributed by atoms with Crippen LogP contribution in [0.25, 0.3) is 0 Å². The van der Waals surface area contributed by atoms with Crippen molar-refractivity contribution in [3.05, 3.63) is 25.6 Å². The monoisotopic (exact) mass is 436 g/mol. The second-order valence-electron chi connectivity index (χ2n) is 3.53. The Kier molecular flexibility index (Phi) is 6.19. The topological polar surface area (TPSA) is 41.1 Å². The number of anilines is 1. The summed E-state index contributed by atoms with van der Waals surface area (Å²) in [5.74, 6) is 2.22. The van der Waals surface area contributed by atoms with Crippen molar-refractivity contribution in [3.63, 3.8) is 0 Å². The summed E-state index contributed by atoms with van der Waals surface area (Å²) in [5, 5.41) is 5.74. The van der Waals surface area contributed by atoms with Gasteiger partial charge in [-0.25, -0.2) is 0 Å². The van der Waals surface area contributed by atoms with Gasteiger partial charge in [0.2, 0.25) is 5.91 Å². The summed E-state index contributed by atoms with van der Waals surface area (Å²) in [6.45, 7) is 2.00. The van der Waals surface area contributed by atoms with Gasteiger partial charge in [0.25, 0.3) is 0 Å². The molecule has 1 rings (SSSR count). The predicted octanol–water partition coefficient (Wildman–Crippen LogP) is 3.52. The number of hydrogen-bond donors (Lipinski definition) is 2. The van der Waals surface area contributed by atoms with Crippen LogP contribution in [0.1, 0.15) is 6.92 Å². The van der Waals surface area contributed by atoms with Gasteiger partial charge in [0.15, 0.2) is 0 Å². The number of terminal acetylenes is 1. The molecule has 2 N–H and O–H groups in total. The average Bonchev–Trinajstić information content (AvgIpc) is 2.30. The zero-order chi connectivity index (χ0) is 13.7. The highest BCUT2D eigenvalue weighted by Crippen LogP contribution is 2.34. The molecule has 1 atom stereocenters. The van der Waals surface area contributed by atoms with Crippen LogP contribution in [0.15, 0.2) is 25.6 Å². The summed E-state index contributed by atoms with van der Waals surface area (Å²) in [7, 11) is 0. The van der Waals surface area contributed by atoms with E-state index < -0.39 is 0 Å². The van der Waals surface area contributed by atoms with Crippen molar-refractivity contribution in [2.75, 3.05) is 11.9 Å². The lowest BCUT2D eigenvalue weighted by molar-refractivity contribution is -0.121. The molecule has 1 unspecified atom stereocenters. The standard InChI is InChI=1S/C12H11Br3N2O/c1-3-4-16-12(18)7(2)17-11-9(14)5-8(13)6-10(11)15/h1,5-7,17H,4H2,2H3,(H,16,18). The molecule has 1 aromatic carbocycles. The van der Waals surface area contributed by atoms with Crippen LogP contribution in [0.5, 0.6) is 0 Å². The van der Waals surface area contributed by atoms with Crippen LogP contribution in [0.3, 0.4) is 0 Å². The molecule has 0 fully saturated rings. The van der Waals surface area contributed by atoms with Crippen LogP contribution in [-0.4, -0.2) is 18.5 Å². The van der Waals surface area contributed by atoms with E-state index in [9.17, 15) is 4.79 Å². The normalized spacial score (nSPS) is 11.5. The molecule has 18 heavy (non-hydrogen) atoms. The van der Waals surface area contributed by atoms with Crippen molar-refractivity contribution in [2.45, 2.75) is 13.0 Å². The van der Waals surface area contributed by atoms with Crippen LogP contribution in [0.2, 0.25) is 0 Å². The molecule has 3 nitrogen and oxygen atoms in total. The van der Waals surface area contributed by atoms with E-state index in [0.717, 1.165) is 19.1 Å². The molecule has 0 spiro atoms. The summed E-state index contributed by atoms with van der Waals surface area (Å²) in [4.78, 5) is 11.7. The lowest BCUT2D eigenvalue weighted by atomic mass is 10.2. The summed E-state index contributed by atoms with van der Waals surface area (Å²) in [5.41, 5.74) is 0.821. The van der Waals surface area contributed by atoms with Gasteiger partial charge < -0.3 is 10.6 Å². The Morgan fingerprint density at radius 2 is 1.94 bits per heavy atom. The van der Waals surface area contributed by atoms with E-state index in [1.165, 1.54) is 0 Å². The first-order valence-electron chi connectivity index (χ1n) is 5.08. The van der Waals surface area contributed by atoms with E-state index in [2.05, 4.69) is 64.3 Å². The highest BCUT2D eigenvalue weighted by atomic mass is 79.9. The van der Waals surface area contributed by atoms with Crippen LogP contribution >= 0.6 is 47.8 Å². The third kappa shape index (κ3) is 4.30. The summed E-state index contributed by atoms with van der Waals surface area (Å²) < 4.78 is 2.66. The number of amides is 1. The molecule has 6 heteroatoms. The van der Waals surface area contributed by atoms with E-state index in [4.69, 9.17) is 6.42 Å².